The molecule has 0 heterocycles. The highest BCUT2D eigenvalue weighted by molar-refractivity contribution is 6.08. The Bertz CT molecular complexity index is 1410. The molecule has 5 N–H and O–H groups in total. The van der Waals surface area contributed by atoms with Crippen LogP contribution in [-0.2, 0) is 28.8 Å². The van der Waals surface area contributed by atoms with Crippen LogP contribution in [0.5, 0.6) is 11.5 Å². The fourth-order valence-electron chi connectivity index (χ4n) is 3.94. The Balaban J connectivity index is 1.81. The molecule has 0 radical (unpaired) electrons. The van der Waals surface area contributed by atoms with Crippen molar-refractivity contribution in [2.75, 3.05) is 5.32 Å². The topological polar surface area (TPSA) is 188 Å². The molecule has 3 aromatic rings. The van der Waals surface area contributed by atoms with Gasteiger partial charge in [0.1, 0.15) is 29.7 Å². The highest BCUT2D eigenvalue weighted by Gasteiger charge is 2.33. The summed E-state index contributed by atoms with van der Waals surface area (Å²) in [5.74, 6) is -5.81. The standard InChI is InChI=1S/C30H29N3O9/c34-18-21(17-26(37)38)32-29(40)27(19-8-3-1-4-9-19)30(41)33-24(14-15-25(35)36)28(39)31-20-10-7-13-23(16-20)42-22-11-5-2-6-12-22/h1-13,16,18,21,24,27H,14-15,17H2,(H,31,39)(H,32,40)(H,33,41)(H,35,36)(H,37,38). The fourth-order valence-corrected chi connectivity index (χ4v) is 3.94. The molecule has 218 valence electrons. The van der Waals surface area contributed by atoms with Crippen LogP contribution in [0.15, 0.2) is 84.9 Å². The minimum absolute atomic E-state index is 0.204. The molecule has 0 spiro atoms. The molecule has 12 nitrogen and oxygen atoms in total. The van der Waals surface area contributed by atoms with Gasteiger partial charge in [0.25, 0.3) is 0 Å². The van der Waals surface area contributed by atoms with E-state index < -0.39 is 60.5 Å². The van der Waals surface area contributed by atoms with Gasteiger partial charge >= 0.3 is 11.9 Å². The quantitative estimate of drug-likeness (QED) is 0.134. The zero-order chi connectivity index (χ0) is 30.5. The van der Waals surface area contributed by atoms with Crippen molar-refractivity contribution in [2.45, 2.75) is 37.3 Å². The lowest BCUT2D eigenvalue weighted by Gasteiger charge is -2.23. The number of carbonyl (C=O) groups excluding carboxylic acids is 4. The summed E-state index contributed by atoms with van der Waals surface area (Å²) < 4.78 is 5.77. The van der Waals surface area contributed by atoms with Crippen molar-refractivity contribution in [1.29, 1.82) is 0 Å². The molecule has 3 aromatic carbocycles. The van der Waals surface area contributed by atoms with Crippen LogP contribution in [0.4, 0.5) is 5.69 Å². The van der Waals surface area contributed by atoms with E-state index in [1.165, 1.54) is 12.1 Å². The normalized spacial score (nSPS) is 12.6. The van der Waals surface area contributed by atoms with Gasteiger partial charge in [-0.2, -0.15) is 0 Å². The van der Waals surface area contributed by atoms with Crippen LogP contribution < -0.4 is 20.7 Å². The number of carboxylic acids is 2. The molecular formula is C30H29N3O9. The van der Waals surface area contributed by atoms with E-state index >= 15 is 0 Å². The monoisotopic (exact) mass is 575 g/mol. The van der Waals surface area contributed by atoms with Crippen molar-refractivity contribution in [2.24, 2.45) is 0 Å². The molecule has 0 fully saturated rings. The number of anilines is 1. The number of aliphatic carboxylic acids is 2. The van der Waals surface area contributed by atoms with Gasteiger partial charge in [-0.3, -0.25) is 24.0 Å². The van der Waals surface area contributed by atoms with Gasteiger partial charge in [-0.25, -0.2) is 0 Å². The average Bonchev–Trinajstić information content (AvgIpc) is 2.96. The molecule has 0 aliphatic rings. The van der Waals surface area contributed by atoms with Crippen LogP contribution >= 0.6 is 0 Å². The van der Waals surface area contributed by atoms with Gasteiger partial charge in [-0.1, -0.05) is 54.6 Å². The first-order valence-electron chi connectivity index (χ1n) is 12.8. The molecular weight excluding hydrogens is 546 g/mol. The van der Waals surface area contributed by atoms with Crippen molar-refractivity contribution < 1.29 is 43.7 Å². The predicted octanol–water partition coefficient (Wildman–Crippen LogP) is 2.71. The van der Waals surface area contributed by atoms with Crippen LogP contribution in [0, 0.1) is 0 Å². The zero-order valence-corrected chi connectivity index (χ0v) is 22.3. The highest BCUT2D eigenvalue weighted by Crippen LogP contribution is 2.24. The fraction of sp³-hybridized carbons (Fsp3) is 0.200. The summed E-state index contributed by atoms with van der Waals surface area (Å²) in [6.07, 6.45) is -1.23. The number of amides is 3. The Morgan fingerprint density at radius 3 is 1.98 bits per heavy atom. The van der Waals surface area contributed by atoms with Gasteiger partial charge in [0, 0.05) is 18.2 Å². The van der Waals surface area contributed by atoms with Gasteiger partial charge in [0.15, 0.2) is 0 Å². The third-order valence-electron chi connectivity index (χ3n) is 5.90. The number of rotatable bonds is 15. The molecule has 0 aromatic heterocycles. The van der Waals surface area contributed by atoms with Crippen molar-refractivity contribution >= 4 is 41.6 Å². The molecule has 0 aliphatic carbocycles. The molecule has 3 unspecified atom stereocenters. The minimum atomic E-state index is -1.58. The number of carboxylic acid groups (broad SMARTS) is 2. The van der Waals surface area contributed by atoms with Gasteiger partial charge < -0.3 is 35.7 Å². The maximum atomic E-state index is 13.4. The molecule has 3 amide bonds. The lowest BCUT2D eigenvalue weighted by atomic mass is 9.95. The van der Waals surface area contributed by atoms with E-state index in [0.717, 1.165) is 0 Å². The molecule has 0 saturated heterocycles. The number of aldehydes is 1. The van der Waals surface area contributed by atoms with Crippen LogP contribution in [0.2, 0.25) is 0 Å². The third kappa shape index (κ3) is 9.59. The van der Waals surface area contributed by atoms with Crippen molar-refractivity contribution in [3.05, 3.63) is 90.5 Å². The number of hydrogen-bond acceptors (Lipinski definition) is 7. The summed E-state index contributed by atoms with van der Waals surface area (Å²) in [6.45, 7) is 0. The lowest BCUT2D eigenvalue weighted by Crippen LogP contribution is -2.50. The Kier molecular flexibility index (Phi) is 11.3. The molecule has 3 rings (SSSR count). The van der Waals surface area contributed by atoms with E-state index in [0.29, 0.717) is 17.2 Å². The van der Waals surface area contributed by atoms with E-state index in [2.05, 4.69) is 16.0 Å². The maximum Gasteiger partial charge on any atom is 0.305 e. The van der Waals surface area contributed by atoms with Crippen LogP contribution in [0.25, 0.3) is 0 Å². The van der Waals surface area contributed by atoms with E-state index in [4.69, 9.17) is 9.84 Å². The lowest BCUT2D eigenvalue weighted by molar-refractivity contribution is -0.140. The van der Waals surface area contributed by atoms with E-state index in [-0.39, 0.29) is 18.3 Å². The molecule has 0 aliphatic heterocycles. The summed E-state index contributed by atoms with van der Waals surface area (Å²) in [4.78, 5) is 73.4. The zero-order valence-electron chi connectivity index (χ0n) is 22.3. The second kappa shape index (κ2) is 15.3. The number of benzene rings is 3. The van der Waals surface area contributed by atoms with E-state index in [1.807, 2.05) is 6.07 Å². The first-order valence-corrected chi connectivity index (χ1v) is 12.8. The third-order valence-corrected chi connectivity index (χ3v) is 5.90. The summed E-state index contributed by atoms with van der Waals surface area (Å²) in [5, 5.41) is 25.5. The number of para-hydroxylation sites is 1. The van der Waals surface area contributed by atoms with E-state index in [9.17, 15) is 33.9 Å². The second-order valence-corrected chi connectivity index (χ2v) is 9.12. The van der Waals surface area contributed by atoms with Crippen molar-refractivity contribution in [3.63, 3.8) is 0 Å². The van der Waals surface area contributed by atoms with Crippen molar-refractivity contribution in [3.8, 4) is 11.5 Å². The van der Waals surface area contributed by atoms with Crippen molar-refractivity contribution in [1.82, 2.24) is 10.6 Å². The first-order chi connectivity index (χ1) is 20.2. The SMILES string of the molecule is O=CC(CC(=O)O)NC(=O)C(C(=O)NC(CCC(=O)O)C(=O)Nc1cccc(Oc2ccccc2)c1)c1ccccc1. The summed E-state index contributed by atoms with van der Waals surface area (Å²) in [5.41, 5.74) is 0.512. The minimum Gasteiger partial charge on any atom is -0.481 e. The Morgan fingerprint density at radius 1 is 0.738 bits per heavy atom. The van der Waals surface area contributed by atoms with Gasteiger partial charge in [0.05, 0.1) is 12.5 Å². The molecule has 42 heavy (non-hydrogen) atoms. The Labute approximate surface area is 240 Å². The molecule has 12 heteroatoms. The molecule has 0 bridgehead atoms. The number of carbonyl (C=O) groups is 6. The maximum absolute atomic E-state index is 13.4. The summed E-state index contributed by atoms with van der Waals surface area (Å²) in [6, 6.07) is 20.3. The summed E-state index contributed by atoms with van der Waals surface area (Å²) >= 11 is 0. The number of nitrogens with one attached hydrogen (secondary N) is 3. The summed E-state index contributed by atoms with van der Waals surface area (Å²) in [7, 11) is 0. The average molecular weight is 576 g/mol. The smallest absolute Gasteiger partial charge is 0.305 e. The van der Waals surface area contributed by atoms with Gasteiger partial charge in [-0.15, -0.1) is 0 Å². The van der Waals surface area contributed by atoms with Crippen LogP contribution in [-0.4, -0.2) is 58.2 Å². The Hall–Kier alpha value is -5.52. The number of hydrogen-bond donors (Lipinski definition) is 5. The first kappa shape index (κ1) is 31.0. The van der Waals surface area contributed by atoms with Gasteiger partial charge in [0.2, 0.25) is 17.7 Å². The molecule has 0 saturated carbocycles. The largest absolute Gasteiger partial charge is 0.481 e. The van der Waals surface area contributed by atoms with E-state index in [1.54, 1.807) is 66.7 Å². The molecule has 3 atom stereocenters. The van der Waals surface area contributed by atoms with Gasteiger partial charge in [-0.05, 0) is 36.2 Å². The number of ether oxygens (including phenoxy) is 1. The second-order valence-electron chi connectivity index (χ2n) is 9.12. The highest BCUT2D eigenvalue weighted by atomic mass is 16.5. The van der Waals surface area contributed by atoms with Crippen LogP contribution in [0.3, 0.4) is 0 Å². The Morgan fingerprint density at radius 2 is 1.36 bits per heavy atom. The van der Waals surface area contributed by atoms with Crippen LogP contribution in [0.1, 0.15) is 30.7 Å². The predicted molar refractivity (Wildman–Crippen MR) is 150 cm³/mol.